The molecule has 1 unspecified atom stereocenters. The second kappa shape index (κ2) is 10.2. The van der Waals surface area contributed by atoms with Gasteiger partial charge in [-0.3, -0.25) is 14.6 Å². The molecule has 176 valence electrons. The molecule has 1 saturated heterocycles. The Balaban J connectivity index is 1.30. The molecule has 1 aromatic heterocycles. The Bertz CT molecular complexity index is 1130. The van der Waals surface area contributed by atoms with Gasteiger partial charge in [-0.2, -0.15) is 4.98 Å². The number of benzene rings is 2. The van der Waals surface area contributed by atoms with Crippen LogP contribution in [0.3, 0.4) is 0 Å². The van der Waals surface area contributed by atoms with E-state index in [0.717, 1.165) is 35.5 Å². The molecule has 7 nitrogen and oxygen atoms in total. The Kier molecular flexibility index (Phi) is 6.72. The van der Waals surface area contributed by atoms with Crippen molar-refractivity contribution >= 4 is 23.4 Å². The second-order valence-electron chi connectivity index (χ2n) is 8.87. The van der Waals surface area contributed by atoms with Crippen molar-refractivity contribution in [3.05, 3.63) is 71.9 Å². The summed E-state index contributed by atoms with van der Waals surface area (Å²) in [5.41, 5.74) is 2.83. The number of aromatic nitrogens is 2. The van der Waals surface area contributed by atoms with E-state index in [9.17, 15) is 4.79 Å². The first kappa shape index (κ1) is 22.3. The summed E-state index contributed by atoms with van der Waals surface area (Å²) in [5, 5.41) is 3.29. The number of hydrogen-bond donors (Lipinski definition) is 1. The lowest BCUT2D eigenvalue weighted by Gasteiger charge is -2.27. The molecule has 1 N–H and O–H groups in total. The number of anilines is 3. The number of nitrogens with zero attached hydrogens (tertiary/aromatic N) is 4. The van der Waals surface area contributed by atoms with Crippen LogP contribution >= 0.6 is 0 Å². The largest absolute Gasteiger partial charge is 0.492 e. The minimum Gasteiger partial charge on any atom is -0.492 e. The fourth-order valence-corrected chi connectivity index (χ4v) is 4.81. The fourth-order valence-electron chi connectivity index (χ4n) is 4.81. The summed E-state index contributed by atoms with van der Waals surface area (Å²) in [6.45, 7) is 6.06. The van der Waals surface area contributed by atoms with Crippen molar-refractivity contribution in [3.63, 3.8) is 0 Å². The van der Waals surface area contributed by atoms with E-state index < -0.39 is 0 Å². The first-order valence-corrected chi connectivity index (χ1v) is 12.2. The normalized spacial score (nSPS) is 16.5. The van der Waals surface area contributed by atoms with Gasteiger partial charge in [-0.25, -0.2) is 4.98 Å². The van der Waals surface area contributed by atoms with Gasteiger partial charge in [-0.05, 0) is 50.0 Å². The van der Waals surface area contributed by atoms with Crippen molar-refractivity contribution in [1.29, 1.82) is 0 Å². The molecule has 0 spiro atoms. The Labute approximate surface area is 200 Å². The maximum absolute atomic E-state index is 12.9. The minimum atomic E-state index is -0.0509. The number of ether oxygens (including phenoxy) is 1. The Morgan fingerprint density at radius 2 is 1.91 bits per heavy atom. The number of rotatable bonds is 9. The van der Waals surface area contributed by atoms with Crippen molar-refractivity contribution < 1.29 is 9.53 Å². The van der Waals surface area contributed by atoms with Crippen molar-refractivity contribution in [2.45, 2.75) is 38.6 Å². The number of likely N-dealkylation sites (tertiary alicyclic amines) is 1. The highest BCUT2D eigenvalue weighted by Gasteiger charge is 2.35. The molecular formula is C27H31N5O2. The quantitative estimate of drug-likeness (QED) is 0.501. The second-order valence-corrected chi connectivity index (χ2v) is 8.87. The van der Waals surface area contributed by atoms with Crippen LogP contribution in [0.4, 0.5) is 17.5 Å². The van der Waals surface area contributed by atoms with Gasteiger partial charge in [0, 0.05) is 30.1 Å². The van der Waals surface area contributed by atoms with Crippen LogP contribution in [-0.2, 0) is 11.2 Å². The van der Waals surface area contributed by atoms with Gasteiger partial charge in [-0.15, -0.1) is 0 Å². The Morgan fingerprint density at radius 1 is 1.09 bits per heavy atom. The lowest BCUT2D eigenvalue weighted by atomic mass is 10.0. The molecule has 3 heterocycles. The number of nitrogens with one attached hydrogen (secondary N) is 1. The third kappa shape index (κ3) is 4.89. The summed E-state index contributed by atoms with van der Waals surface area (Å²) in [6, 6.07) is 17.9. The number of carbonyl (C=O) groups excluding carboxylic acids is 1. The highest BCUT2D eigenvalue weighted by molar-refractivity contribution is 6.01. The molecule has 0 aliphatic carbocycles. The Hall–Kier alpha value is -3.45. The first-order chi connectivity index (χ1) is 16.7. The lowest BCUT2D eigenvalue weighted by molar-refractivity contribution is -0.117. The molecule has 7 heteroatoms. The zero-order valence-electron chi connectivity index (χ0n) is 19.6. The van der Waals surface area contributed by atoms with E-state index in [1.165, 1.54) is 25.9 Å². The standard InChI is InChI=1S/C27H31N5O2/c1-2-24(20-9-4-3-5-10-20)32-25(33)17-21-19-28-27(30-26(21)32)29-22-11-8-12-23(18-22)34-16-15-31-13-6-7-14-31/h3-5,8-12,18-19,24H,2,6-7,13-17H2,1H3,(H,28,29,30). The van der Waals surface area contributed by atoms with E-state index in [-0.39, 0.29) is 11.9 Å². The number of hydrogen-bond acceptors (Lipinski definition) is 6. The number of amides is 1. The summed E-state index contributed by atoms with van der Waals surface area (Å²) in [6.07, 6.45) is 5.47. The van der Waals surface area contributed by atoms with Crippen LogP contribution in [0.5, 0.6) is 5.75 Å². The van der Waals surface area contributed by atoms with Crippen LogP contribution in [0.2, 0.25) is 0 Å². The van der Waals surface area contributed by atoms with Gasteiger partial charge in [0.25, 0.3) is 0 Å². The van der Waals surface area contributed by atoms with Crippen LogP contribution in [-0.4, -0.2) is 47.0 Å². The molecule has 0 bridgehead atoms. The third-order valence-electron chi connectivity index (χ3n) is 6.53. The zero-order chi connectivity index (χ0) is 23.3. The topological polar surface area (TPSA) is 70.6 Å². The summed E-state index contributed by atoms with van der Waals surface area (Å²) < 4.78 is 5.97. The predicted octanol–water partition coefficient (Wildman–Crippen LogP) is 4.74. The van der Waals surface area contributed by atoms with Gasteiger partial charge >= 0.3 is 0 Å². The predicted molar refractivity (Wildman–Crippen MR) is 134 cm³/mol. The average molecular weight is 458 g/mol. The van der Waals surface area contributed by atoms with Gasteiger partial charge in [0.15, 0.2) is 0 Å². The van der Waals surface area contributed by atoms with Gasteiger partial charge in [0.1, 0.15) is 18.2 Å². The first-order valence-electron chi connectivity index (χ1n) is 12.2. The molecule has 34 heavy (non-hydrogen) atoms. The number of fused-ring (bicyclic) bond motifs is 1. The summed E-state index contributed by atoms with van der Waals surface area (Å²) >= 11 is 0. The molecule has 1 amide bonds. The summed E-state index contributed by atoms with van der Waals surface area (Å²) in [7, 11) is 0. The maximum Gasteiger partial charge on any atom is 0.233 e. The molecule has 0 radical (unpaired) electrons. The average Bonchev–Trinajstić information content (AvgIpc) is 3.49. The van der Waals surface area contributed by atoms with Crippen LogP contribution in [0.15, 0.2) is 60.8 Å². The molecule has 3 aromatic rings. The van der Waals surface area contributed by atoms with Crippen molar-refractivity contribution in [2.75, 3.05) is 36.5 Å². The smallest absolute Gasteiger partial charge is 0.233 e. The van der Waals surface area contributed by atoms with E-state index in [1.54, 1.807) is 6.20 Å². The van der Waals surface area contributed by atoms with E-state index in [1.807, 2.05) is 47.4 Å². The molecule has 2 aromatic carbocycles. The van der Waals surface area contributed by atoms with Gasteiger partial charge in [-0.1, -0.05) is 43.3 Å². The highest BCUT2D eigenvalue weighted by Crippen LogP contribution is 2.36. The number of carbonyl (C=O) groups is 1. The van der Waals surface area contributed by atoms with Gasteiger partial charge in [0.05, 0.1) is 12.5 Å². The SMILES string of the molecule is CCC(c1ccccc1)N1C(=O)Cc2cnc(Nc3cccc(OCCN4CCCC4)c3)nc21. The van der Waals surface area contributed by atoms with Gasteiger partial charge < -0.3 is 10.1 Å². The Morgan fingerprint density at radius 3 is 2.71 bits per heavy atom. The zero-order valence-corrected chi connectivity index (χ0v) is 19.6. The molecule has 5 rings (SSSR count). The minimum absolute atomic E-state index is 0.0509. The molecular weight excluding hydrogens is 426 g/mol. The van der Waals surface area contributed by atoms with Crippen LogP contribution in [0, 0.1) is 0 Å². The van der Waals surface area contributed by atoms with Crippen LogP contribution < -0.4 is 15.0 Å². The van der Waals surface area contributed by atoms with E-state index in [2.05, 4.69) is 34.3 Å². The maximum atomic E-state index is 12.9. The van der Waals surface area contributed by atoms with E-state index >= 15 is 0 Å². The highest BCUT2D eigenvalue weighted by atomic mass is 16.5. The van der Waals surface area contributed by atoms with Crippen LogP contribution in [0.25, 0.3) is 0 Å². The molecule has 2 aliphatic heterocycles. The molecule has 1 atom stereocenters. The van der Waals surface area contributed by atoms with E-state index in [4.69, 9.17) is 9.72 Å². The summed E-state index contributed by atoms with van der Waals surface area (Å²) in [4.78, 5) is 26.4. The molecule has 1 fully saturated rings. The lowest BCUT2D eigenvalue weighted by Crippen LogP contribution is -2.32. The van der Waals surface area contributed by atoms with Crippen LogP contribution in [0.1, 0.15) is 43.4 Å². The third-order valence-corrected chi connectivity index (χ3v) is 6.53. The van der Waals surface area contributed by atoms with Crippen molar-refractivity contribution in [3.8, 4) is 5.75 Å². The molecule has 0 saturated carbocycles. The monoisotopic (exact) mass is 457 g/mol. The molecule has 2 aliphatic rings. The summed E-state index contributed by atoms with van der Waals surface area (Å²) in [5.74, 6) is 2.04. The van der Waals surface area contributed by atoms with E-state index in [0.29, 0.717) is 24.8 Å². The van der Waals surface area contributed by atoms with Crippen molar-refractivity contribution in [2.24, 2.45) is 0 Å². The van der Waals surface area contributed by atoms with Gasteiger partial charge in [0.2, 0.25) is 11.9 Å². The fraction of sp³-hybridized carbons (Fsp3) is 0.370. The van der Waals surface area contributed by atoms with Crippen molar-refractivity contribution in [1.82, 2.24) is 14.9 Å².